The zero-order chi connectivity index (χ0) is 14.3. The quantitative estimate of drug-likeness (QED) is 0.423. The van der Waals surface area contributed by atoms with Crippen LogP contribution >= 0.6 is 27.5 Å². The summed E-state index contributed by atoms with van der Waals surface area (Å²) in [7, 11) is 0. The molecule has 19 heavy (non-hydrogen) atoms. The molecule has 1 N–H and O–H groups in total. The van der Waals surface area contributed by atoms with Gasteiger partial charge in [-0.15, -0.1) is 0 Å². The summed E-state index contributed by atoms with van der Waals surface area (Å²) in [5.41, 5.74) is 2.04. The fourth-order valence-electron chi connectivity index (χ4n) is 1.29. The maximum absolute atomic E-state index is 6.16. The van der Waals surface area contributed by atoms with Crippen molar-refractivity contribution in [3.8, 4) is 0 Å². The molecular weight excluding hydrogens is 324 g/mol. The Morgan fingerprint density at radius 2 is 2.00 bits per heavy atom. The minimum Gasteiger partial charge on any atom is -0.340 e. The number of nitrogens with zero attached hydrogens (tertiary/aromatic N) is 1. The van der Waals surface area contributed by atoms with Crippen molar-refractivity contribution in [3.63, 3.8) is 0 Å². The van der Waals surface area contributed by atoms with Crippen molar-refractivity contribution in [2.24, 2.45) is 4.99 Å². The number of benzene rings is 1. The van der Waals surface area contributed by atoms with E-state index in [4.69, 9.17) is 11.6 Å². The summed E-state index contributed by atoms with van der Waals surface area (Å²) in [5, 5.41) is 3.78. The van der Waals surface area contributed by atoms with Gasteiger partial charge < -0.3 is 5.32 Å². The zero-order valence-electron chi connectivity index (χ0n) is 11.4. The Morgan fingerprint density at radius 3 is 2.53 bits per heavy atom. The van der Waals surface area contributed by atoms with Crippen molar-refractivity contribution >= 4 is 39.1 Å². The Balaban J connectivity index is 2.96. The minimum absolute atomic E-state index is 0.542. The van der Waals surface area contributed by atoms with Crippen molar-refractivity contribution < 1.29 is 0 Å². The Kier molecular flexibility index (Phi) is 6.89. The van der Waals surface area contributed by atoms with Crippen LogP contribution in [0.3, 0.4) is 0 Å². The molecule has 2 nitrogen and oxygen atoms in total. The molecule has 0 aromatic heterocycles. The highest BCUT2D eigenvalue weighted by molar-refractivity contribution is 9.10. The predicted molar refractivity (Wildman–Crippen MR) is 88.9 cm³/mol. The van der Waals surface area contributed by atoms with Gasteiger partial charge in [-0.3, -0.25) is 0 Å². The maximum atomic E-state index is 6.16. The van der Waals surface area contributed by atoms with Crippen molar-refractivity contribution in [1.29, 1.82) is 0 Å². The van der Waals surface area contributed by atoms with E-state index in [2.05, 4.69) is 33.2 Å². The van der Waals surface area contributed by atoms with E-state index < -0.39 is 0 Å². The van der Waals surface area contributed by atoms with Crippen LogP contribution in [0.1, 0.15) is 27.2 Å². The molecule has 0 saturated heterocycles. The Labute approximate surface area is 128 Å². The fourth-order valence-corrected chi connectivity index (χ4v) is 1.78. The van der Waals surface area contributed by atoms with Crippen LogP contribution in [0.2, 0.25) is 0 Å². The lowest BCUT2D eigenvalue weighted by atomic mass is 10.2. The summed E-state index contributed by atoms with van der Waals surface area (Å²) in [6, 6.07) is 7.91. The monoisotopic (exact) mass is 340 g/mol. The first-order valence-electron chi connectivity index (χ1n) is 6.16. The summed E-state index contributed by atoms with van der Waals surface area (Å²) < 4.78 is 1.04. The van der Waals surface area contributed by atoms with Gasteiger partial charge in [-0.1, -0.05) is 40.5 Å². The second-order valence-electron chi connectivity index (χ2n) is 4.05. The van der Waals surface area contributed by atoms with Crippen LogP contribution in [-0.4, -0.2) is 5.84 Å². The van der Waals surface area contributed by atoms with Crippen LogP contribution in [-0.2, 0) is 0 Å². The molecule has 1 rings (SSSR count). The molecule has 0 unspecified atom stereocenters. The third-order valence-corrected chi connectivity index (χ3v) is 3.48. The smallest absolute Gasteiger partial charge is 0.131 e. The van der Waals surface area contributed by atoms with E-state index in [1.54, 1.807) is 0 Å². The lowest BCUT2D eigenvalue weighted by molar-refractivity contribution is 1.08. The molecule has 0 saturated carbocycles. The van der Waals surface area contributed by atoms with Gasteiger partial charge >= 0.3 is 0 Å². The number of anilines is 1. The molecule has 0 amide bonds. The SMILES string of the molecule is C\C=C/C(=N\C(Cl)=C(\C)CC)Nc1ccc(Br)cc1. The van der Waals surface area contributed by atoms with Crippen LogP contribution in [0, 0.1) is 0 Å². The minimum atomic E-state index is 0.542. The van der Waals surface area contributed by atoms with Gasteiger partial charge in [0, 0.05) is 10.2 Å². The predicted octanol–water partition coefficient (Wildman–Crippen LogP) is 5.72. The normalized spacial score (nSPS) is 13.6. The highest BCUT2D eigenvalue weighted by atomic mass is 79.9. The molecular formula is C15H18BrClN2. The summed E-state index contributed by atoms with van der Waals surface area (Å²) >= 11 is 9.57. The molecule has 0 aliphatic carbocycles. The van der Waals surface area contributed by atoms with Gasteiger partial charge in [0.05, 0.1) is 0 Å². The summed E-state index contributed by atoms with van der Waals surface area (Å²) in [4.78, 5) is 4.41. The topological polar surface area (TPSA) is 24.4 Å². The van der Waals surface area contributed by atoms with Crippen LogP contribution in [0.15, 0.2) is 56.6 Å². The first-order valence-corrected chi connectivity index (χ1v) is 7.33. The largest absolute Gasteiger partial charge is 0.340 e. The first kappa shape index (κ1) is 16.0. The average molecular weight is 342 g/mol. The number of rotatable bonds is 4. The molecule has 0 heterocycles. The van der Waals surface area contributed by atoms with Gasteiger partial charge in [0.2, 0.25) is 0 Å². The molecule has 0 radical (unpaired) electrons. The molecule has 0 aliphatic rings. The van der Waals surface area contributed by atoms with Crippen LogP contribution in [0.5, 0.6) is 0 Å². The summed E-state index contributed by atoms with van der Waals surface area (Å²) in [6.45, 7) is 5.99. The van der Waals surface area contributed by atoms with E-state index >= 15 is 0 Å². The van der Waals surface area contributed by atoms with E-state index in [1.165, 1.54) is 0 Å². The molecule has 102 valence electrons. The van der Waals surface area contributed by atoms with Crippen molar-refractivity contribution in [1.82, 2.24) is 0 Å². The highest BCUT2D eigenvalue weighted by Crippen LogP contribution is 2.17. The lowest BCUT2D eigenvalue weighted by Crippen LogP contribution is -2.09. The highest BCUT2D eigenvalue weighted by Gasteiger charge is 2.00. The van der Waals surface area contributed by atoms with Gasteiger partial charge in [-0.05, 0) is 56.2 Å². The first-order chi connectivity index (χ1) is 9.06. The van der Waals surface area contributed by atoms with Crippen LogP contribution < -0.4 is 5.32 Å². The van der Waals surface area contributed by atoms with Gasteiger partial charge in [-0.25, -0.2) is 4.99 Å². The third-order valence-electron chi connectivity index (χ3n) is 2.54. The van der Waals surface area contributed by atoms with Gasteiger partial charge in [0.25, 0.3) is 0 Å². The second kappa shape index (κ2) is 8.18. The van der Waals surface area contributed by atoms with Crippen molar-refractivity contribution in [2.45, 2.75) is 27.2 Å². The zero-order valence-corrected chi connectivity index (χ0v) is 13.7. The maximum Gasteiger partial charge on any atom is 0.131 e. The fraction of sp³-hybridized carbons (Fsp3) is 0.267. The number of hydrogen-bond acceptors (Lipinski definition) is 1. The summed E-state index contributed by atoms with van der Waals surface area (Å²) in [5.74, 6) is 0.725. The molecule has 4 heteroatoms. The number of nitrogens with one attached hydrogen (secondary N) is 1. The molecule has 0 atom stereocenters. The molecule has 0 aliphatic heterocycles. The van der Waals surface area contributed by atoms with E-state index in [-0.39, 0.29) is 0 Å². The third kappa shape index (κ3) is 5.62. The van der Waals surface area contributed by atoms with Gasteiger partial charge in [0.1, 0.15) is 11.0 Å². The molecule has 1 aromatic carbocycles. The average Bonchev–Trinajstić information content (AvgIpc) is 2.40. The second-order valence-corrected chi connectivity index (χ2v) is 5.33. The van der Waals surface area contributed by atoms with Crippen LogP contribution in [0.25, 0.3) is 0 Å². The molecule has 0 fully saturated rings. The number of amidine groups is 1. The van der Waals surface area contributed by atoms with Crippen LogP contribution in [0.4, 0.5) is 5.69 Å². The number of hydrogen-bond donors (Lipinski definition) is 1. The molecule has 0 bridgehead atoms. The number of allylic oxidation sites excluding steroid dienone is 2. The van der Waals surface area contributed by atoms with E-state index in [0.29, 0.717) is 5.16 Å². The Hall–Kier alpha value is -1.06. The number of halogens is 2. The van der Waals surface area contributed by atoms with E-state index in [0.717, 1.165) is 28.0 Å². The Bertz CT molecular complexity index is 501. The molecule has 1 aromatic rings. The lowest BCUT2D eigenvalue weighted by Gasteiger charge is -2.07. The van der Waals surface area contributed by atoms with Gasteiger partial charge in [-0.2, -0.15) is 0 Å². The Morgan fingerprint density at radius 1 is 1.37 bits per heavy atom. The van der Waals surface area contributed by atoms with Gasteiger partial charge in [0.15, 0.2) is 0 Å². The molecule has 0 spiro atoms. The van der Waals surface area contributed by atoms with Crippen molar-refractivity contribution in [3.05, 3.63) is 51.6 Å². The summed E-state index contributed by atoms with van der Waals surface area (Å²) in [6.07, 6.45) is 4.72. The standard InChI is InChI=1S/C15H18BrClN2/c1-4-6-14(19-15(17)11(3)5-2)18-13-9-7-12(16)8-10-13/h4,6-10H,5H2,1-3H3,(H,18,19)/b6-4-,15-11-. The number of aliphatic imine (C=N–C) groups is 1. The van der Waals surface area contributed by atoms with E-state index in [9.17, 15) is 0 Å². The van der Waals surface area contributed by atoms with E-state index in [1.807, 2.05) is 50.3 Å². The van der Waals surface area contributed by atoms with Crippen molar-refractivity contribution in [2.75, 3.05) is 5.32 Å².